The third-order valence-electron chi connectivity index (χ3n) is 10.5. The molecule has 0 aromatic heterocycles. The van der Waals surface area contributed by atoms with Gasteiger partial charge in [-0.05, 0) is 38.5 Å². The van der Waals surface area contributed by atoms with E-state index in [1.807, 2.05) is 0 Å². The number of rotatable bonds is 35. The fraction of sp³-hybridized carbons (Fsp3) is 0.884. The van der Waals surface area contributed by atoms with Crippen LogP contribution in [0, 0.1) is 0 Å². The SMILES string of the molecule is CCCCC/C=C\C=C/CCCCCCCCCCCC(O)C(=O)NC(COC1OC(CO)C(O)C(O)C1O)C(O)C(O)CCCCCCCCCCC. The second-order valence-electron chi connectivity index (χ2n) is 15.4. The Hall–Kier alpha value is -1.41. The van der Waals surface area contributed by atoms with Gasteiger partial charge in [0.05, 0.1) is 25.4 Å². The van der Waals surface area contributed by atoms with Crippen LogP contribution in [0.1, 0.15) is 174 Å². The van der Waals surface area contributed by atoms with Crippen LogP contribution in [0.3, 0.4) is 0 Å². The van der Waals surface area contributed by atoms with E-state index in [1.54, 1.807) is 0 Å². The number of amides is 1. The van der Waals surface area contributed by atoms with Crippen molar-refractivity contribution in [1.82, 2.24) is 5.32 Å². The van der Waals surface area contributed by atoms with Crippen LogP contribution < -0.4 is 5.32 Å². The Balaban J connectivity index is 2.45. The van der Waals surface area contributed by atoms with Crippen molar-refractivity contribution in [3.63, 3.8) is 0 Å². The molecule has 1 saturated heterocycles. The average Bonchev–Trinajstić information content (AvgIpc) is 3.17. The molecule has 0 aromatic carbocycles. The zero-order chi connectivity index (χ0) is 39.8. The number of allylic oxidation sites excluding steroid dienone is 4. The summed E-state index contributed by atoms with van der Waals surface area (Å²) < 4.78 is 11.0. The molecule has 9 atom stereocenters. The van der Waals surface area contributed by atoms with Gasteiger partial charge in [0.1, 0.15) is 36.6 Å². The summed E-state index contributed by atoms with van der Waals surface area (Å²) in [6.07, 6.45) is 23.8. The van der Waals surface area contributed by atoms with Crippen molar-refractivity contribution in [1.29, 1.82) is 0 Å². The first kappa shape index (κ1) is 50.6. The maximum atomic E-state index is 13.0. The molecule has 0 bridgehead atoms. The van der Waals surface area contributed by atoms with E-state index in [9.17, 15) is 40.5 Å². The van der Waals surface area contributed by atoms with Gasteiger partial charge in [0.25, 0.3) is 0 Å². The maximum Gasteiger partial charge on any atom is 0.249 e. The van der Waals surface area contributed by atoms with Gasteiger partial charge >= 0.3 is 0 Å². The predicted octanol–water partition coefficient (Wildman–Crippen LogP) is 6.28. The van der Waals surface area contributed by atoms with Crippen LogP contribution >= 0.6 is 0 Å². The van der Waals surface area contributed by atoms with E-state index in [-0.39, 0.29) is 6.42 Å². The highest BCUT2D eigenvalue weighted by atomic mass is 16.7. The van der Waals surface area contributed by atoms with Gasteiger partial charge in [0.15, 0.2) is 6.29 Å². The summed E-state index contributed by atoms with van der Waals surface area (Å²) in [6.45, 7) is 3.36. The molecule has 1 aliphatic heterocycles. The molecule has 0 saturated carbocycles. The van der Waals surface area contributed by atoms with Gasteiger partial charge in [-0.25, -0.2) is 0 Å². The Bertz CT molecular complexity index is 934. The van der Waals surface area contributed by atoms with Crippen molar-refractivity contribution < 1.29 is 50.0 Å². The molecule has 8 N–H and O–H groups in total. The molecular formula is C43H81NO10. The number of unbranched alkanes of at least 4 members (excludes halogenated alkanes) is 20. The van der Waals surface area contributed by atoms with Gasteiger partial charge in [0, 0.05) is 0 Å². The van der Waals surface area contributed by atoms with Crippen LogP contribution in [0.15, 0.2) is 24.3 Å². The predicted molar refractivity (Wildman–Crippen MR) is 215 cm³/mol. The lowest BCUT2D eigenvalue weighted by Gasteiger charge is -2.40. The van der Waals surface area contributed by atoms with Gasteiger partial charge in [0.2, 0.25) is 5.91 Å². The van der Waals surface area contributed by atoms with Crippen LogP contribution in [0.2, 0.25) is 0 Å². The molecule has 54 heavy (non-hydrogen) atoms. The number of ether oxygens (including phenoxy) is 2. The molecule has 0 spiro atoms. The zero-order valence-electron chi connectivity index (χ0n) is 34.0. The summed E-state index contributed by atoms with van der Waals surface area (Å²) in [7, 11) is 0. The third-order valence-corrected chi connectivity index (χ3v) is 10.5. The van der Waals surface area contributed by atoms with Gasteiger partial charge in [-0.3, -0.25) is 4.79 Å². The largest absolute Gasteiger partial charge is 0.394 e. The molecule has 1 aliphatic rings. The molecule has 1 amide bonds. The van der Waals surface area contributed by atoms with E-state index < -0.39 is 74.2 Å². The molecule has 1 fully saturated rings. The van der Waals surface area contributed by atoms with Crippen molar-refractivity contribution in [2.45, 2.75) is 229 Å². The minimum Gasteiger partial charge on any atom is -0.394 e. The van der Waals surface area contributed by atoms with Crippen LogP contribution in [-0.2, 0) is 14.3 Å². The first-order chi connectivity index (χ1) is 26.2. The van der Waals surface area contributed by atoms with E-state index in [4.69, 9.17) is 9.47 Å². The standard InChI is InChI=1S/C43H81NO10/c1-3-5-7-9-11-13-14-15-16-17-18-19-20-21-23-25-27-29-31-36(47)42(52)44-34(33-53-43-41(51)40(50)39(49)37(32-45)54-43)38(48)35(46)30-28-26-24-22-12-10-8-6-4-2/h11,13-15,34-41,43,45-51H,3-10,12,16-33H2,1-2H3,(H,44,52)/b13-11-,15-14-. The van der Waals surface area contributed by atoms with E-state index >= 15 is 0 Å². The number of nitrogens with one attached hydrogen (secondary N) is 1. The van der Waals surface area contributed by atoms with Crippen LogP contribution in [0.25, 0.3) is 0 Å². The lowest BCUT2D eigenvalue weighted by molar-refractivity contribution is -0.303. The highest BCUT2D eigenvalue weighted by Gasteiger charge is 2.44. The Kier molecular flexibility index (Phi) is 31.6. The quantitative estimate of drug-likeness (QED) is 0.0269. The van der Waals surface area contributed by atoms with Crippen molar-refractivity contribution >= 4 is 5.91 Å². The van der Waals surface area contributed by atoms with E-state index in [2.05, 4.69) is 43.5 Å². The average molecular weight is 772 g/mol. The molecule has 1 rings (SSSR count). The summed E-state index contributed by atoms with van der Waals surface area (Å²) >= 11 is 0. The van der Waals surface area contributed by atoms with E-state index in [0.29, 0.717) is 19.3 Å². The second-order valence-corrected chi connectivity index (χ2v) is 15.4. The molecule has 11 nitrogen and oxygen atoms in total. The zero-order valence-corrected chi connectivity index (χ0v) is 34.0. The fourth-order valence-corrected chi connectivity index (χ4v) is 6.84. The molecule has 318 valence electrons. The molecular weight excluding hydrogens is 690 g/mol. The number of hydrogen-bond acceptors (Lipinski definition) is 10. The number of carbonyl (C=O) groups excluding carboxylic acids is 1. The normalized spacial score (nSPS) is 22.9. The van der Waals surface area contributed by atoms with Crippen molar-refractivity contribution in [3.05, 3.63) is 24.3 Å². The fourth-order valence-electron chi connectivity index (χ4n) is 6.84. The minimum absolute atomic E-state index is 0.255. The number of aliphatic hydroxyl groups is 7. The van der Waals surface area contributed by atoms with E-state index in [0.717, 1.165) is 44.9 Å². The smallest absolute Gasteiger partial charge is 0.249 e. The van der Waals surface area contributed by atoms with Crippen LogP contribution in [0.4, 0.5) is 0 Å². The van der Waals surface area contributed by atoms with Gasteiger partial charge in [-0.1, -0.05) is 160 Å². The summed E-state index contributed by atoms with van der Waals surface area (Å²) in [5.41, 5.74) is 0. The Morgan fingerprint density at radius 3 is 1.65 bits per heavy atom. The highest BCUT2D eigenvalue weighted by molar-refractivity contribution is 5.80. The monoisotopic (exact) mass is 772 g/mol. The van der Waals surface area contributed by atoms with Crippen LogP contribution in [0.5, 0.6) is 0 Å². The molecule has 1 heterocycles. The number of hydrogen-bond donors (Lipinski definition) is 8. The van der Waals surface area contributed by atoms with Gasteiger partial charge in [-0.2, -0.15) is 0 Å². The summed E-state index contributed by atoms with van der Waals surface area (Å²) in [6, 6.07) is -1.17. The molecule has 9 unspecified atom stereocenters. The minimum atomic E-state index is -1.66. The highest BCUT2D eigenvalue weighted by Crippen LogP contribution is 2.23. The molecule has 11 heteroatoms. The van der Waals surface area contributed by atoms with Crippen LogP contribution in [-0.4, -0.2) is 110 Å². The number of carbonyl (C=O) groups is 1. The number of aliphatic hydroxyl groups excluding tert-OH is 7. The Labute approximate surface area is 327 Å². The lowest BCUT2D eigenvalue weighted by atomic mass is 9.98. The lowest BCUT2D eigenvalue weighted by Crippen LogP contribution is -2.60. The van der Waals surface area contributed by atoms with Gasteiger partial charge < -0.3 is 50.5 Å². The topological polar surface area (TPSA) is 189 Å². The maximum absolute atomic E-state index is 13.0. The van der Waals surface area contributed by atoms with Crippen molar-refractivity contribution in [2.24, 2.45) is 0 Å². The van der Waals surface area contributed by atoms with E-state index in [1.165, 1.54) is 89.9 Å². The van der Waals surface area contributed by atoms with Crippen molar-refractivity contribution in [2.75, 3.05) is 13.2 Å². The summed E-state index contributed by atoms with van der Waals surface area (Å²) in [5, 5.41) is 75.3. The molecule has 0 aliphatic carbocycles. The first-order valence-electron chi connectivity index (χ1n) is 21.8. The van der Waals surface area contributed by atoms with Crippen molar-refractivity contribution in [3.8, 4) is 0 Å². The van der Waals surface area contributed by atoms with Gasteiger partial charge in [-0.15, -0.1) is 0 Å². The first-order valence-corrected chi connectivity index (χ1v) is 21.8. The Morgan fingerprint density at radius 1 is 0.648 bits per heavy atom. The molecule has 0 radical (unpaired) electrons. The second kappa shape index (κ2) is 33.7. The third kappa shape index (κ3) is 23.6. The summed E-state index contributed by atoms with van der Waals surface area (Å²) in [4.78, 5) is 13.0. The Morgan fingerprint density at radius 2 is 1.11 bits per heavy atom. The summed E-state index contributed by atoms with van der Waals surface area (Å²) in [5.74, 6) is -0.704. The molecule has 0 aromatic rings.